The lowest BCUT2D eigenvalue weighted by atomic mass is 9.74. The van der Waals surface area contributed by atoms with E-state index in [-0.39, 0.29) is 11.3 Å². The third-order valence-electron chi connectivity index (χ3n) is 8.63. The first-order valence-electron chi connectivity index (χ1n) is 12.9. The monoisotopic (exact) mass is 512 g/mol. The van der Waals surface area contributed by atoms with E-state index in [4.69, 9.17) is 11.6 Å². The van der Waals surface area contributed by atoms with E-state index in [1.807, 2.05) is 17.0 Å². The van der Waals surface area contributed by atoms with Crippen molar-refractivity contribution in [3.63, 3.8) is 0 Å². The second-order valence-electron chi connectivity index (χ2n) is 10.7. The number of amides is 1. The van der Waals surface area contributed by atoms with E-state index < -0.39 is 11.6 Å². The van der Waals surface area contributed by atoms with Crippen LogP contribution in [-0.4, -0.2) is 60.0 Å². The number of nitrogens with one attached hydrogen (secondary N) is 2. The summed E-state index contributed by atoms with van der Waals surface area (Å²) in [6.07, 6.45) is 5.47. The average Bonchev–Trinajstić information content (AvgIpc) is 3.45. The number of hydrogen-bond acceptors (Lipinski definition) is 3. The summed E-state index contributed by atoms with van der Waals surface area (Å²) in [5.41, 5.74) is 3.69. The van der Waals surface area contributed by atoms with Gasteiger partial charge in [0.2, 0.25) is 0 Å². The van der Waals surface area contributed by atoms with Crippen molar-refractivity contribution in [1.29, 1.82) is 0 Å². The van der Waals surface area contributed by atoms with Gasteiger partial charge in [-0.15, -0.1) is 0 Å². The summed E-state index contributed by atoms with van der Waals surface area (Å²) in [5.74, 6) is -1.30. The highest BCUT2D eigenvalue weighted by Crippen LogP contribution is 2.44. The van der Waals surface area contributed by atoms with Crippen molar-refractivity contribution < 1.29 is 13.6 Å². The smallest absolute Gasteiger partial charge is 0.270 e. The number of fused-ring (bicyclic) bond motifs is 3. The van der Waals surface area contributed by atoms with Gasteiger partial charge in [0, 0.05) is 52.7 Å². The molecule has 0 aliphatic carbocycles. The molecule has 0 atom stereocenters. The van der Waals surface area contributed by atoms with Gasteiger partial charge < -0.3 is 20.1 Å². The van der Waals surface area contributed by atoms with Crippen molar-refractivity contribution in [3.05, 3.63) is 64.3 Å². The summed E-state index contributed by atoms with van der Waals surface area (Å²) in [4.78, 5) is 20.4. The summed E-state index contributed by atoms with van der Waals surface area (Å²) in [6, 6.07) is 10.1. The molecule has 2 N–H and O–H groups in total. The molecule has 2 fully saturated rings. The summed E-state index contributed by atoms with van der Waals surface area (Å²) < 4.78 is 27.0. The third kappa shape index (κ3) is 4.37. The zero-order valence-corrected chi connectivity index (χ0v) is 21.0. The number of anilines is 1. The number of rotatable bonds is 4. The molecule has 1 amide bonds. The number of carbonyl (C=O) groups excluding carboxylic acids is 1. The maximum atomic E-state index is 13.5. The lowest BCUT2D eigenvalue weighted by Crippen LogP contribution is -2.44. The molecule has 3 aromatic rings. The second kappa shape index (κ2) is 9.34. The minimum absolute atomic E-state index is 0.0986. The van der Waals surface area contributed by atoms with Crippen molar-refractivity contribution >= 4 is 34.1 Å². The molecule has 0 bridgehead atoms. The molecule has 3 aliphatic rings. The summed E-state index contributed by atoms with van der Waals surface area (Å²) in [6.45, 7) is 5.77. The van der Waals surface area contributed by atoms with Crippen molar-refractivity contribution in [2.45, 2.75) is 37.5 Å². The Kier molecular flexibility index (Phi) is 6.16. The van der Waals surface area contributed by atoms with Gasteiger partial charge in [0.1, 0.15) is 5.69 Å². The Morgan fingerprint density at radius 2 is 1.78 bits per heavy atom. The Labute approximate surface area is 214 Å². The van der Waals surface area contributed by atoms with Crippen LogP contribution >= 0.6 is 11.6 Å². The standard InChI is InChI=1S/C28H31ClF2N4O/c29-20-1-2-21-25(15-20)32-17-28(21)6-11-34(12-7-28)8-3-18-4-9-35(10-5-18)27(36)26-14-19-13-22(30)23(31)16-24(19)33-26/h1-2,13-16,18,32-33H,3-12,17H2. The SMILES string of the molecule is O=C(c1cc2cc(F)c(F)cc2[nH]1)N1CCC(CCN2CCC3(CC2)CNc2cc(Cl)ccc23)CC1. The minimum atomic E-state index is -0.914. The van der Waals surface area contributed by atoms with Crippen LogP contribution in [0.2, 0.25) is 5.02 Å². The Balaban J connectivity index is 0.982. The van der Waals surface area contributed by atoms with E-state index in [1.165, 1.54) is 24.1 Å². The van der Waals surface area contributed by atoms with Crippen LogP contribution in [0.15, 0.2) is 36.4 Å². The molecular weight excluding hydrogens is 482 g/mol. The van der Waals surface area contributed by atoms with Gasteiger partial charge in [-0.25, -0.2) is 8.78 Å². The number of carbonyl (C=O) groups is 1. The largest absolute Gasteiger partial charge is 0.384 e. The predicted octanol–water partition coefficient (Wildman–Crippen LogP) is 5.80. The minimum Gasteiger partial charge on any atom is -0.384 e. The summed E-state index contributed by atoms with van der Waals surface area (Å²) >= 11 is 6.18. The van der Waals surface area contributed by atoms with Crippen molar-refractivity contribution in [2.75, 3.05) is 44.6 Å². The number of piperidine rings is 2. The topological polar surface area (TPSA) is 51.4 Å². The molecule has 3 aliphatic heterocycles. The van der Waals surface area contributed by atoms with Gasteiger partial charge in [-0.3, -0.25) is 4.79 Å². The van der Waals surface area contributed by atoms with E-state index in [0.29, 0.717) is 22.5 Å². The average molecular weight is 513 g/mol. The molecule has 190 valence electrons. The number of hydrogen-bond donors (Lipinski definition) is 2. The first kappa shape index (κ1) is 23.7. The van der Waals surface area contributed by atoms with Crippen LogP contribution in [0.1, 0.15) is 48.2 Å². The molecule has 1 spiro atoms. The van der Waals surface area contributed by atoms with Crippen molar-refractivity contribution in [1.82, 2.24) is 14.8 Å². The molecule has 6 rings (SSSR count). The Hall–Kier alpha value is -2.64. The van der Waals surface area contributed by atoms with E-state index >= 15 is 0 Å². The normalized spacial score (nSPS) is 20.1. The number of benzene rings is 2. The van der Waals surface area contributed by atoms with E-state index in [2.05, 4.69) is 21.3 Å². The lowest BCUT2D eigenvalue weighted by Gasteiger charge is -2.40. The third-order valence-corrected chi connectivity index (χ3v) is 8.87. The zero-order chi connectivity index (χ0) is 24.9. The van der Waals surface area contributed by atoms with Crippen LogP contribution in [0.25, 0.3) is 10.9 Å². The molecule has 2 aromatic carbocycles. The van der Waals surface area contributed by atoms with Gasteiger partial charge in [-0.05, 0) is 87.5 Å². The molecule has 5 nitrogen and oxygen atoms in total. The van der Waals surface area contributed by atoms with E-state index in [0.717, 1.165) is 75.7 Å². The highest BCUT2D eigenvalue weighted by molar-refractivity contribution is 6.30. The van der Waals surface area contributed by atoms with Crippen LogP contribution in [0.5, 0.6) is 0 Å². The molecule has 0 saturated carbocycles. The van der Waals surface area contributed by atoms with Gasteiger partial charge in [0.25, 0.3) is 5.91 Å². The number of nitrogens with zero attached hydrogens (tertiary/aromatic N) is 2. The Morgan fingerprint density at radius 3 is 2.56 bits per heavy atom. The van der Waals surface area contributed by atoms with Gasteiger partial charge >= 0.3 is 0 Å². The number of halogens is 3. The lowest BCUT2D eigenvalue weighted by molar-refractivity contribution is 0.0671. The van der Waals surface area contributed by atoms with Gasteiger partial charge in [0.05, 0.1) is 0 Å². The predicted molar refractivity (Wildman–Crippen MR) is 139 cm³/mol. The first-order chi connectivity index (χ1) is 17.4. The second-order valence-corrected chi connectivity index (χ2v) is 11.2. The number of aromatic nitrogens is 1. The van der Waals surface area contributed by atoms with Gasteiger partial charge in [0.15, 0.2) is 11.6 Å². The summed E-state index contributed by atoms with van der Waals surface area (Å²) in [5, 5.41) is 4.86. The van der Waals surface area contributed by atoms with E-state index in [9.17, 15) is 13.6 Å². The number of likely N-dealkylation sites (tertiary alicyclic amines) is 2. The first-order valence-corrected chi connectivity index (χ1v) is 13.3. The van der Waals surface area contributed by atoms with Crippen molar-refractivity contribution in [2.24, 2.45) is 5.92 Å². The van der Waals surface area contributed by atoms with Crippen LogP contribution in [0.3, 0.4) is 0 Å². The number of aromatic amines is 1. The fraction of sp³-hybridized carbons (Fsp3) is 0.464. The quantitative estimate of drug-likeness (QED) is 0.464. The molecule has 0 radical (unpaired) electrons. The van der Waals surface area contributed by atoms with Crippen LogP contribution in [0, 0.1) is 17.6 Å². The molecule has 8 heteroatoms. The highest BCUT2D eigenvalue weighted by Gasteiger charge is 2.41. The molecule has 1 aromatic heterocycles. The Morgan fingerprint density at radius 1 is 1.03 bits per heavy atom. The molecule has 4 heterocycles. The fourth-order valence-electron chi connectivity index (χ4n) is 6.34. The van der Waals surface area contributed by atoms with Crippen LogP contribution in [0.4, 0.5) is 14.5 Å². The molecule has 36 heavy (non-hydrogen) atoms. The summed E-state index contributed by atoms with van der Waals surface area (Å²) in [7, 11) is 0. The maximum absolute atomic E-state index is 13.5. The number of H-pyrrole nitrogens is 1. The molecule has 2 saturated heterocycles. The Bertz CT molecular complexity index is 1250. The van der Waals surface area contributed by atoms with Gasteiger partial charge in [-0.1, -0.05) is 17.7 Å². The molecular formula is C28H31ClF2N4O. The van der Waals surface area contributed by atoms with E-state index in [1.54, 1.807) is 6.07 Å². The maximum Gasteiger partial charge on any atom is 0.270 e. The highest BCUT2D eigenvalue weighted by atomic mass is 35.5. The fourth-order valence-corrected chi connectivity index (χ4v) is 6.51. The zero-order valence-electron chi connectivity index (χ0n) is 20.3. The molecule has 0 unspecified atom stereocenters. The van der Waals surface area contributed by atoms with Crippen molar-refractivity contribution in [3.8, 4) is 0 Å². The van der Waals surface area contributed by atoms with Crippen LogP contribution in [-0.2, 0) is 5.41 Å². The van der Waals surface area contributed by atoms with Crippen LogP contribution < -0.4 is 5.32 Å². The van der Waals surface area contributed by atoms with Gasteiger partial charge in [-0.2, -0.15) is 0 Å².